The van der Waals surface area contributed by atoms with Gasteiger partial charge in [-0.25, -0.2) is 9.97 Å². The minimum atomic E-state index is -0.485. The molecule has 58 heavy (non-hydrogen) atoms. The number of nitrogens with zero attached hydrogens (tertiary/aromatic N) is 2. The second-order valence-corrected chi connectivity index (χ2v) is 15.6. The smallest absolute Gasteiger partial charge is 0.160 e. The molecule has 0 amide bonds. The highest BCUT2D eigenvalue weighted by atomic mass is 16.5. The lowest BCUT2D eigenvalue weighted by Crippen LogP contribution is -2.32. The predicted molar refractivity (Wildman–Crippen MR) is 234 cm³/mol. The monoisotopic (exact) mass is 740 g/mol. The summed E-state index contributed by atoms with van der Waals surface area (Å²) in [6, 6.07) is 54.1. The van der Waals surface area contributed by atoms with Crippen molar-refractivity contribution in [1.82, 2.24) is 9.97 Å². The number of para-hydroxylation sites is 1. The van der Waals surface area contributed by atoms with Crippen molar-refractivity contribution in [3.05, 3.63) is 245 Å². The van der Waals surface area contributed by atoms with E-state index in [2.05, 4.69) is 188 Å². The van der Waals surface area contributed by atoms with Gasteiger partial charge in [-0.2, -0.15) is 0 Å². The van der Waals surface area contributed by atoms with Gasteiger partial charge in [-0.15, -0.1) is 0 Å². The van der Waals surface area contributed by atoms with E-state index in [0.29, 0.717) is 17.7 Å². The normalized spacial score (nSPS) is 18.4. The maximum atomic E-state index is 6.84. The molecule has 7 aromatic rings. The molecule has 12 rings (SSSR count). The molecule has 0 bridgehead atoms. The second-order valence-electron chi connectivity index (χ2n) is 15.6. The maximum Gasteiger partial charge on any atom is 0.160 e. The van der Waals surface area contributed by atoms with Gasteiger partial charge in [0.05, 0.1) is 16.8 Å². The van der Waals surface area contributed by atoms with Gasteiger partial charge in [0.1, 0.15) is 11.5 Å². The molecule has 1 aliphatic heterocycles. The van der Waals surface area contributed by atoms with Crippen molar-refractivity contribution in [3.8, 4) is 56.4 Å². The third-order valence-corrected chi connectivity index (χ3v) is 12.5. The van der Waals surface area contributed by atoms with Crippen LogP contribution in [0.5, 0.6) is 11.5 Å². The van der Waals surface area contributed by atoms with Crippen molar-refractivity contribution in [2.75, 3.05) is 0 Å². The highest BCUT2D eigenvalue weighted by molar-refractivity contribution is 5.89. The van der Waals surface area contributed by atoms with E-state index < -0.39 is 5.41 Å². The van der Waals surface area contributed by atoms with E-state index >= 15 is 0 Å². The Labute approximate surface area is 338 Å². The van der Waals surface area contributed by atoms with Gasteiger partial charge >= 0.3 is 0 Å². The number of rotatable bonds is 4. The lowest BCUT2D eigenvalue weighted by molar-refractivity contribution is 0.436. The minimum absolute atomic E-state index is 0.318. The van der Waals surface area contributed by atoms with E-state index in [-0.39, 0.29) is 0 Å². The molecule has 6 aromatic carbocycles. The lowest BCUT2D eigenvalue weighted by Gasteiger charge is -2.39. The van der Waals surface area contributed by atoms with Crippen LogP contribution in [0.25, 0.3) is 50.5 Å². The topological polar surface area (TPSA) is 35.0 Å². The molecule has 0 fully saturated rings. The summed E-state index contributed by atoms with van der Waals surface area (Å²) >= 11 is 0. The molecule has 1 aromatic heterocycles. The van der Waals surface area contributed by atoms with Crippen molar-refractivity contribution in [1.29, 1.82) is 0 Å². The Morgan fingerprint density at radius 2 is 1.10 bits per heavy atom. The second kappa shape index (κ2) is 12.8. The Kier molecular flexibility index (Phi) is 7.27. The molecular formula is C55H36N2O. The third kappa shape index (κ3) is 4.93. The van der Waals surface area contributed by atoms with E-state index in [0.717, 1.165) is 56.3 Å². The Balaban J connectivity index is 0.969. The summed E-state index contributed by atoms with van der Waals surface area (Å²) in [5, 5.41) is 0. The van der Waals surface area contributed by atoms with Crippen LogP contribution >= 0.6 is 0 Å². The van der Waals surface area contributed by atoms with Crippen molar-refractivity contribution < 1.29 is 4.74 Å². The zero-order valence-corrected chi connectivity index (χ0v) is 31.6. The van der Waals surface area contributed by atoms with Crippen molar-refractivity contribution >= 4 is 5.57 Å². The molecule has 3 nitrogen and oxygen atoms in total. The SMILES string of the molecule is C1=CC2=CC=C3C=C(c4cc(-c5cccc(-c6ccc7c(c6)Oc6ccccc6C76c7ccccc7-c7ccccc76)c5)nc(-c5ccccc5)n4)C=CC3C2C=C1. The zero-order valence-electron chi connectivity index (χ0n) is 31.6. The number of hydrogen-bond donors (Lipinski definition) is 0. The Morgan fingerprint density at radius 1 is 0.448 bits per heavy atom. The molecule has 2 atom stereocenters. The minimum Gasteiger partial charge on any atom is -0.457 e. The van der Waals surface area contributed by atoms with Gasteiger partial charge in [0.15, 0.2) is 5.82 Å². The molecule has 272 valence electrons. The predicted octanol–water partition coefficient (Wildman–Crippen LogP) is 13.1. The number of ether oxygens (including phenoxy) is 1. The molecule has 0 radical (unpaired) electrons. The summed E-state index contributed by atoms with van der Waals surface area (Å²) in [5.41, 5.74) is 16.7. The molecule has 4 aliphatic carbocycles. The summed E-state index contributed by atoms with van der Waals surface area (Å²) in [5.74, 6) is 3.15. The van der Waals surface area contributed by atoms with Crippen molar-refractivity contribution in [2.45, 2.75) is 5.41 Å². The van der Waals surface area contributed by atoms with Crippen LogP contribution < -0.4 is 4.74 Å². The fraction of sp³-hybridized carbons (Fsp3) is 0.0545. The molecule has 2 heterocycles. The molecule has 3 heteroatoms. The maximum absolute atomic E-state index is 6.84. The molecular weight excluding hydrogens is 705 g/mol. The molecule has 1 spiro atoms. The largest absolute Gasteiger partial charge is 0.457 e. The first-order chi connectivity index (χ1) is 28.7. The van der Waals surface area contributed by atoms with E-state index in [1.54, 1.807) is 0 Å². The van der Waals surface area contributed by atoms with Crippen LogP contribution in [0.4, 0.5) is 0 Å². The fourth-order valence-electron chi connectivity index (χ4n) is 9.90. The van der Waals surface area contributed by atoms with Gasteiger partial charge in [0.2, 0.25) is 0 Å². The lowest BCUT2D eigenvalue weighted by atomic mass is 9.66. The first-order valence-electron chi connectivity index (χ1n) is 20.1. The molecule has 0 saturated carbocycles. The Bertz CT molecular complexity index is 3000. The first kappa shape index (κ1) is 32.8. The molecule has 0 N–H and O–H groups in total. The summed E-state index contributed by atoms with van der Waals surface area (Å²) in [7, 11) is 0. The quantitative estimate of drug-likeness (QED) is 0.180. The van der Waals surface area contributed by atoms with E-state index in [4.69, 9.17) is 14.7 Å². The summed E-state index contributed by atoms with van der Waals surface area (Å²) in [6.07, 6.45) is 20.2. The van der Waals surface area contributed by atoms with E-state index in [1.165, 1.54) is 39.0 Å². The van der Waals surface area contributed by atoms with Crippen LogP contribution in [-0.4, -0.2) is 9.97 Å². The van der Waals surface area contributed by atoms with Crippen LogP contribution in [0, 0.1) is 11.8 Å². The van der Waals surface area contributed by atoms with Gasteiger partial charge in [0.25, 0.3) is 0 Å². The number of hydrogen-bond acceptors (Lipinski definition) is 3. The van der Waals surface area contributed by atoms with Crippen molar-refractivity contribution in [2.24, 2.45) is 11.8 Å². The number of allylic oxidation sites excluding steroid dienone is 12. The first-order valence-corrected chi connectivity index (χ1v) is 20.1. The molecule has 2 unspecified atom stereocenters. The van der Waals surface area contributed by atoms with Crippen LogP contribution in [0.15, 0.2) is 217 Å². The van der Waals surface area contributed by atoms with Crippen LogP contribution in [0.3, 0.4) is 0 Å². The van der Waals surface area contributed by atoms with Gasteiger partial charge < -0.3 is 4.74 Å². The standard InChI is InChI=1S/C55H36N2O/c1-2-14-36(15-3-1)54-56-50(34-51(57-54)41-27-29-43-39(32-41)26-25-35-13-4-5-18-42(35)43)40-17-12-16-37(31-40)38-28-30-49-53(33-38)58-52-24-11-10-23-48(52)55(49)46-21-8-6-19-44(46)45-20-7-9-22-47(45)55/h1-34,42-43H. The molecule has 5 aliphatic rings. The Hall–Kier alpha value is -7.36. The van der Waals surface area contributed by atoms with Crippen LogP contribution in [-0.2, 0) is 5.41 Å². The number of aromatic nitrogens is 2. The van der Waals surface area contributed by atoms with E-state index in [1.807, 2.05) is 18.2 Å². The Morgan fingerprint density at radius 3 is 1.95 bits per heavy atom. The van der Waals surface area contributed by atoms with Gasteiger partial charge in [-0.05, 0) is 74.9 Å². The van der Waals surface area contributed by atoms with Crippen LogP contribution in [0.1, 0.15) is 27.9 Å². The van der Waals surface area contributed by atoms with Gasteiger partial charge in [0, 0.05) is 39.7 Å². The average Bonchev–Trinajstić information content (AvgIpc) is 3.59. The summed E-state index contributed by atoms with van der Waals surface area (Å²) in [6.45, 7) is 0. The fourth-order valence-corrected chi connectivity index (χ4v) is 9.90. The molecule has 0 saturated heterocycles. The average molecular weight is 741 g/mol. The number of fused-ring (bicyclic) bond motifs is 12. The van der Waals surface area contributed by atoms with Crippen molar-refractivity contribution in [3.63, 3.8) is 0 Å². The van der Waals surface area contributed by atoms with Gasteiger partial charge in [-0.1, -0.05) is 176 Å². The zero-order chi connectivity index (χ0) is 38.2. The van der Waals surface area contributed by atoms with E-state index in [9.17, 15) is 0 Å². The number of benzene rings is 6. The summed E-state index contributed by atoms with van der Waals surface area (Å²) < 4.78 is 6.84. The summed E-state index contributed by atoms with van der Waals surface area (Å²) in [4.78, 5) is 10.4. The van der Waals surface area contributed by atoms with Gasteiger partial charge in [-0.3, -0.25) is 0 Å². The highest BCUT2D eigenvalue weighted by Gasteiger charge is 2.50. The third-order valence-electron chi connectivity index (χ3n) is 12.5. The highest BCUT2D eigenvalue weighted by Crippen LogP contribution is 2.62. The van der Waals surface area contributed by atoms with Crippen LogP contribution in [0.2, 0.25) is 0 Å².